The average Bonchev–Trinajstić information content (AvgIpc) is 3.66. The summed E-state index contributed by atoms with van der Waals surface area (Å²) in [5, 5.41) is 12.2. The number of benzene rings is 1. The highest BCUT2D eigenvalue weighted by Gasteiger charge is 2.56. The highest BCUT2D eigenvalue weighted by Crippen LogP contribution is 2.51. The van der Waals surface area contributed by atoms with Crippen molar-refractivity contribution >= 4 is 51.8 Å². The Balaban J connectivity index is 1.36. The van der Waals surface area contributed by atoms with Crippen LogP contribution in [0.25, 0.3) is 6.08 Å². The average molecular weight is 676 g/mol. The van der Waals surface area contributed by atoms with Crippen LogP contribution in [0.4, 0.5) is 0 Å². The van der Waals surface area contributed by atoms with Gasteiger partial charge in [0.2, 0.25) is 11.8 Å². The minimum absolute atomic E-state index is 0.00312. The Labute approximate surface area is 254 Å². The summed E-state index contributed by atoms with van der Waals surface area (Å²) in [7, 11) is 1.57. The Hall–Kier alpha value is -2.17. The molecule has 1 aromatic carbocycles. The number of rotatable bonds is 11. The molecule has 1 aromatic heterocycles. The van der Waals surface area contributed by atoms with Crippen molar-refractivity contribution in [2.24, 2.45) is 17.8 Å². The van der Waals surface area contributed by atoms with E-state index in [-0.39, 0.29) is 41.4 Å². The van der Waals surface area contributed by atoms with Gasteiger partial charge in [-0.2, -0.15) is 0 Å². The van der Waals surface area contributed by atoms with Crippen molar-refractivity contribution in [1.82, 2.24) is 4.90 Å². The van der Waals surface area contributed by atoms with Crippen LogP contribution in [0.2, 0.25) is 0 Å². The minimum Gasteiger partial charge on any atom is -0.504 e. The van der Waals surface area contributed by atoms with Gasteiger partial charge in [-0.15, -0.1) is 11.3 Å². The van der Waals surface area contributed by atoms with Gasteiger partial charge in [0.1, 0.15) is 0 Å². The largest absolute Gasteiger partial charge is 0.504 e. The molecule has 3 aliphatic rings. The maximum atomic E-state index is 13.6. The lowest BCUT2D eigenvalue weighted by Gasteiger charge is -2.32. The molecule has 1 aliphatic carbocycles. The number of thiophene rings is 1. The van der Waals surface area contributed by atoms with Gasteiger partial charge in [-0.3, -0.25) is 14.5 Å². The van der Waals surface area contributed by atoms with E-state index in [2.05, 4.69) is 42.5 Å². The molecule has 3 heterocycles. The number of allylic oxidation sites excluding steroid dienone is 2. The second kappa shape index (κ2) is 12.8. The summed E-state index contributed by atoms with van der Waals surface area (Å²) in [6.07, 6.45) is 8.59. The standard InChI is InChI=1S/C32H38INO5S/c1-4-7-19(13-20-14-25(33)30(35)27(15-20)38-3)10-11-26-28-21(8-5-2)16-23-29(24(28)18-39-26)32(37)34(31(23)36)17-22-9-6-12-40-22/h6,9,12-15,23-24,26,29,35H,4-5,7-8,10-11,16-18H2,1-3H3/b19-13+/t23-,24+,26-,29-/m1/s1. The predicted molar refractivity (Wildman–Crippen MR) is 166 cm³/mol. The van der Waals surface area contributed by atoms with Gasteiger partial charge in [-0.25, -0.2) is 0 Å². The number of carbonyl (C=O) groups is 2. The molecular formula is C32H38INO5S. The molecular weight excluding hydrogens is 637 g/mol. The van der Waals surface area contributed by atoms with E-state index in [0.29, 0.717) is 25.3 Å². The highest BCUT2D eigenvalue weighted by atomic mass is 127. The van der Waals surface area contributed by atoms with Crippen molar-refractivity contribution in [2.45, 2.75) is 71.4 Å². The first-order valence-electron chi connectivity index (χ1n) is 14.3. The number of fused-ring (bicyclic) bond motifs is 3. The Morgan fingerprint density at radius 1 is 1.20 bits per heavy atom. The molecule has 0 spiro atoms. The maximum Gasteiger partial charge on any atom is 0.234 e. The first kappa shape index (κ1) is 29.3. The number of ether oxygens (including phenoxy) is 2. The van der Waals surface area contributed by atoms with Gasteiger partial charge < -0.3 is 14.6 Å². The Morgan fingerprint density at radius 3 is 2.73 bits per heavy atom. The van der Waals surface area contributed by atoms with Gasteiger partial charge in [-0.05, 0) is 89.4 Å². The smallest absolute Gasteiger partial charge is 0.234 e. The van der Waals surface area contributed by atoms with Crippen LogP contribution in [0.3, 0.4) is 0 Å². The third-order valence-electron chi connectivity index (χ3n) is 8.49. The van der Waals surface area contributed by atoms with E-state index in [0.717, 1.165) is 52.5 Å². The Bertz CT molecular complexity index is 1320. The second-order valence-electron chi connectivity index (χ2n) is 11.1. The molecule has 2 amide bonds. The van der Waals surface area contributed by atoms with Crippen LogP contribution in [0.1, 0.15) is 69.2 Å². The molecule has 0 saturated carbocycles. The second-order valence-corrected chi connectivity index (χ2v) is 13.3. The van der Waals surface area contributed by atoms with Gasteiger partial charge in [0.05, 0.1) is 41.8 Å². The molecule has 1 N–H and O–H groups in total. The summed E-state index contributed by atoms with van der Waals surface area (Å²) in [6, 6.07) is 7.81. The normalized spacial score (nSPS) is 24.6. The number of nitrogens with zero attached hydrogens (tertiary/aromatic N) is 1. The summed E-state index contributed by atoms with van der Waals surface area (Å²) in [5.41, 5.74) is 4.99. The fourth-order valence-corrected chi connectivity index (χ4v) is 8.08. The molecule has 0 unspecified atom stereocenters. The molecule has 0 radical (unpaired) electrons. The lowest BCUT2D eigenvalue weighted by atomic mass is 9.68. The number of carbonyl (C=O) groups excluding carboxylic acids is 2. The first-order valence-corrected chi connectivity index (χ1v) is 16.3. The fourth-order valence-electron chi connectivity index (χ4n) is 6.77. The molecule has 6 nitrogen and oxygen atoms in total. The molecule has 2 fully saturated rings. The molecule has 8 heteroatoms. The zero-order valence-corrected chi connectivity index (χ0v) is 26.4. The molecule has 0 bridgehead atoms. The van der Waals surface area contributed by atoms with Crippen LogP contribution < -0.4 is 4.74 Å². The van der Waals surface area contributed by atoms with Crippen LogP contribution in [-0.2, 0) is 20.9 Å². The van der Waals surface area contributed by atoms with E-state index in [9.17, 15) is 14.7 Å². The molecule has 2 aromatic rings. The van der Waals surface area contributed by atoms with Crippen LogP contribution in [0.15, 0.2) is 46.4 Å². The number of methoxy groups -OCH3 is 1. The minimum atomic E-state index is -0.301. The van der Waals surface area contributed by atoms with Crippen LogP contribution in [0, 0.1) is 21.3 Å². The topological polar surface area (TPSA) is 76.1 Å². The summed E-state index contributed by atoms with van der Waals surface area (Å²) in [5.74, 6) is 0.0582. The summed E-state index contributed by atoms with van der Waals surface area (Å²) in [6.45, 7) is 5.26. The van der Waals surface area contributed by atoms with E-state index in [1.807, 2.05) is 29.6 Å². The zero-order valence-electron chi connectivity index (χ0n) is 23.5. The lowest BCUT2D eigenvalue weighted by Crippen LogP contribution is -2.34. The number of aromatic hydroxyl groups is 1. The van der Waals surface area contributed by atoms with Gasteiger partial charge in [0.25, 0.3) is 0 Å². The first-order chi connectivity index (χ1) is 19.4. The van der Waals surface area contributed by atoms with Crippen LogP contribution >= 0.6 is 33.9 Å². The molecule has 40 heavy (non-hydrogen) atoms. The number of phenols is 1. The summed E-state index contributed by atoms with van der Waals surface area (Å²) < 4.78 is 12.6. The van der Waals surface area contributed by atoms with Gasteiger partial charge in [0.15, 0.2) is 11.5 Å². The van der Waals surface area contributed by atoms with Gasteiger partial charge >= 0.3 is 0 Å². The SMILES string of the molecule is CCCC1=C2[C@@H](CC/C(=C/c3cc(I)c(O)c(OC)c3)CCC)OC[C@@H]2[C@@H]2C(=O)N(Cc3cccs3)C(=O)[C@@H]2C1. The lowest BCUT2D eigenvalue weighted by molar-refractivity contribution is -0.140. The molecule has 5 rings (SSSR count). The Morgan fingerprint density at radius 2 is 2.02 bits per heavy atom. The molecule has 214 valence electrons. The van der Waals surface area contributed by atoms with Crippen molar-refractivity contribution < 1.29 is 24.2 Å². The van der Waals surface area contributed by atoms with E-state index in [1.165, 1.54) is 21.6 Å². The number of likely N-dealkylation sites (tertiary alicyclic amines) is 1. The van der Waals surface area contributed by atoms with Crippen molar-refractivity contribution in [3.8, 4) is 11.5 Å². The van der Waals surface area contributed by atoms with Crippen LogP contribution in [-0.4, -0.2) is 41.6 Å². The number of hydrogen-bond donors (Lipinski definition) is 1. The number of hydrogen-bond acceptors (Lipinski definition) is 6. The Kier molecular flexibility index (Phi) is 9.37. The van der Waals surface area contributed by atoms with E-state index in [1.54, 1.807) is 18.4 Å². The highest BCUT2D eigenvalue weighted by molar-refractivity contribution is 14.1. The van der Waals surface area contributed by atoms with Gasteiger partial charge in [-0.1, -0.05) is 50.0 Å². The van der Waals surface area contributed by atoms with E-state index >= 15 is 0 Å². The van der Waals surface area contributed by atoms with E-state index < -0.39 is 0 Å². The number of imide groups is 1. The van der Waals surface area contributed by atoms with Crippen LogP contribution in [0.5, 0.6) is 11.5 Å². The van der Waals surface area contributed by atoms with Crippen molar-refractivity contribution in [3.63, 3.8) is 0 Å². The van der Waals surface area contributed by atoms with Crippen molar-refractivity contribution in [1.29, 1.82) is 0 Å². The molecule has 2 aliphatic heterocycles. The van der Waals surface area contributed by atoms with E-state index in [4.69, 9.17) is 9.47 Å². The number of halogens is 1. The monoisotopic (exact) mass is 675 g/mol. The number of phenolic OH excluding ortho intramolecular Hbond substituents is 1. The quantitative estimate of drug-likeness (QED) is 0.153. The van der Waals surface area contributed by atoms with Crippen molar-refractivity contribution in [3.05, 3.63) is 60.4 Å². The summed E-state index contributed by atoms with van der Waals surface area (Å²) >= 11 is 3.72. The van der Waals surface area contributed by atoms with Gasteiger partial charge in [0, 0.05) is 10.8 Å². The molecule has 2 saturated heterocycles. The summed E-state index contributed by atoms with van der Waals surface area (Å²) in [4.78, 5) is 29.7. The fraction of sp³-hybridized carbons (Fsp3) is 0.500. The zero-order chi connectivity index (χ0) is 28.4. The predicted octanol–water partition coefficient (Wildman–Crippen LogP) is 7.35. The third-order valence-corrected chi connectivity index (χ3v) is 10.2. The van der Waals surface area contributed by atoms with Crippen molar-refractivity contribution in [2.75, 3.05) is 13.7 Å². The third kappa shape index (κ3) is 5.77. The maximum absolute atomic E-state index is 13.6. The number of amides is 2. The molecule has 4 atom stereocenters.